The van der Waals surface area contributed by atoms with E-state index in [2.05, 4.69) is 10.8 Å². The Balaban J connectivity index is 2.30. The molecule has 3 nitrogen and oxygen atoms in total. The number of benzene rings is 2. The van der Waals surface area contributed by atoms with Gasteiger partial charge in [0.15, 0.2) is 0 Å². The van der Waals surface area contributed by atoms with Gasteiger partial charge in [0.1, 0.15) is 0 Å². The van der Waals surface area contributed by atoms with Crippen LogP contribution in [0.4, 0.5) is 5.69 Å². The molecule has 0 aromatic heterocycles. The van der Waals surface area contributed by atoms with Gasteiger partial charge in [-0.05, 0) is 24.3 Å². The van der Waals surface area contributed by atoms with Crippen LogP contribution >= 0.6 is 11.6 Å². The van der Waals surface area contributed by atoms with Crippen LogP contribution in [-0.2, 0) is 10.0 Å². The first kappa shape index (κ1) is 12.0. The van der Waals surface area contributed by atoms with Gasteiger partial charge in [0.2, 0.25) is 0 Å². The van der Waals surface area contributed by atoms with E-state index >= 15 is 0 Å². The molecule has 0 saturated heterocycles. The molecule has 1 N–H and O–H groups in total. The largest absolute Gasteiger partial charge is 0.280 e. The summed E-state index contributed by atoms with van der Waals surface area (Å²) in [6.07, 6.45) is 0. The molecule has 0 amide bonds. The van der Waals surface area contributed by atoms with Gasteiger partial charge in [0, 0.05) is 6.07 Å². The fourth-order valence-electron chi connectivity index (χ4n) is 1.31. The molecule has 17 heavy (non-hydrogen) atoms. The van der Waals surface area contributed by atoms with E-state index in [1.165, 1.54) is 18.2 Å². The molecule has 87 valence electrons. The van der Waals surface area contributed by atoms with Crippen molar-refractivity contribution in [1.82, 2.24) is 0 Å². The minimum atomic E-state index is -3.55. The Morgan fingerprint density at radius 2 is 1.82 bits per heavy atom. The zero-order chi connectivity index (χ0) is 12.3. The van der Waals surface area contributed by atoms with Gasteiger partial charge in [0.05, 0.1) is 15.6 Å². The second-order valence-electron chi connectivity index (χ2n) is 3.34. The number of halogens is 1. The Bertz CT molecular complexity index is 611. The first-order valence-corrected chi connectivity index (χ1v) is 6.69. The van der Waals surface area contributed by atoms with E-state index in [9.17, 15) is 8.42 Å². The maximum Gasteiger partial charge on any atom is 0.261 e. The zero-order valence-electron chi connectivity index (χ0n) is 8.72. The number of hydrogen-bond acceptors (Lipinski definition) is 2. The summed E-state index contributed by atoms with van der Waals surface area (Å²) in [5, 5.41) is 0.360. The lowest BCUT2D eigenvalue weighted by Gasteiger charge is -2.07. The molecule has 0 bridgehead atoms. The summed E-state index contributed by atoms with van der Waals surface area (Å²) in [4.78, 5) is 0.212. The third-order valence-electron chi connectivity index (χ3n) is 2.07. The van der Waals surface area contributed by atoms with Crippen molar-refractivity contribution in [3.63, 3.8) is 0 Å². The predicted octanol–water partition coefficient (Wildman–Crippen LogP) is 2.94. The third-order valence-corrected chi connectivity index (χ3v) is 3.69. The van der Waals surface area contributed by atoms with Crippen LogP contribution in [-0.4, -0.2) is 8.42 Å². The van der Waals surface area contributed by atoms with Crippen LogP contribution in [0.5, 0.6) is 0 Å². The Morgan fingerprint density at radius 3 is 2.47 bits per heavy atom. The van der Waals surface area contributed by atoms with Crippen LogP contribution in [0.2, 0.25) is 5.02 Å². The maximum atomic E-state index is 11.9. The molecule has 0 atom stereocenters. The first-order valence-electron chi connectivity index (χ1n) is 4.83. The van der Waals surface area contributed by atoms with Gasteiger partial charge < -0.3 is 0 Å². The average molecular weight is 267 g/mol. The summed E-state index contributed by atoms with van der Waals surface area (Å²) >= 11 is 5.73. The third kappa shape index (κ3) is 2.99. The van der Waals surface area contributed by atoms with E-state index in [1.807, 2.05) is 0 Å². The summed E-state index contributed by atoms with van der Waals surface area (Å²) in [6, 6.07) is 15.5. The number of anilines is 1. The summed E-state index contributed by atoms with van der Waals surface area (Å²) in [5.41, 5.74) is 0.414. The number of sulfonamides is 1. The fourth-order valence-corrected chi connectivity index (χ4v) is 2.57. The molecule has 0 aliphatic heterocycles. The lowest BCUT2D eigenvalue weighted by molar-refractivity contribution is 0.601. The second kappa shape index (κ2) is 4.77. The van der Waals surface area contributed by atoms with E-state index in [1.54, 1.807) is 30.3 Å². The second-order valence-corrected chi connectivity index (χ2v) is 5.43. The Morgan fingerprint density at radius 1 is 1.12 bits per heavy atom. The van der Waals surface area contributed by atoms with Gasteiger partial charge in [0.25, 0.3) is 10.0 Å². The van der Waals surface area contributed by atoms with Gasteiger partial charge in [-0.1, -0.05) is 35.9 Å². The standard InChI is InChI=1S/C12H9ClNO2S/c13-10-5-4-6-11(9-10)14-17(15,16)12-7-2-1-3-8-12/h1-4,6-9,14H. The molecule has 1 radical (unpaired) electrons. The molecule has 5 heteroatoms. The monoisotopic (exact) mass is 266 g/mol. The van der Waals surface area contributed by atoms with E-state index in [0.717, 1.165) is 0 Å². The summed E-state index contributed by atoms with van der Waals surface area (Å²) < 4.78 is 26.3. The highest BCUT2D eigenvalue weighted by molar-refractivity contribution is 7.92. The Labute approximate surface area is 105 Å². The van der Waals surface area contributed by atoms with Crippen LogP contribution in [0.15, 0.2) is 53.4 Å². The van der Waals surface area contributed by atoms with Crippen LogP contribution in [0.1, 0.15) is 0 Å². The quantitative estimate of drug-likeness (QED) is 0.928. The van der Waals surface area contributed by atoms with Crippen molar-refractivity contribution in [3.8, 4) is 0 Å². The summed E-state index contributed by atoms with van der Waals surface area (Å²) in [5.74, 6) is 0. The average Bonchev–Trinajstić information content (AvgIpc) is 2.29. The molecular formula is C12H9ClNO2S. The first-order chi connectivity index (χ1) is 8.08. The Hall–Kier alpha value is -1.52. The smallest absolute Gasteiger partial charge is 0.261 e. The van der Waals surface area contributed by atoms with E-state index in [0.29, 0.717) is 10.7 Å². The molecule has 0 heterocycles. The van der Waals surface area contributed by atoms with Crippen molar-refractivity contribution in [1.29, 1.82) is 0 Å². The summed E-state index contributed by atoms with van der Waals surface area (Å²) in [7, 11) is -3.55. The highest BCUT2D eigenvalue weighted by atomic mass is 35.5. The minimum absolute atomic E-state index is 0.212. The topological polar surface area (TPSA) is 46.2 Å². The normalized spacial score (nSPS) is 11.1. The van der Waals surface area contributed by atoms with Gasteiger partial charge in [-0.3, -0.25) is 4.72 Å². The summed E-state index contributed by atoms with van der Waals surface area (Å²) in [6.45, 7) is 0. The molecule has 2 aromatic rings. The molecule has 0 fully saturated rings. The molecule has 0 saturated carbocycles. The lowest BCUT2D eigenvalue weighted by Crippen LogP contribution is -2.12. The molecule has 0 aliphatic carbocycles. The van der Waals surface area contributed by atoms with E-state index < -0.39 is 10.0 Å². The molecule has 0 aliphatic rings. The number of nitrogens with one attached hydrogen (secondary N) is 1. The minimum Gasteiger partial charge on any atom is -0.280 e. The van der Waals surface area contributed by atoms with Gasteiger partial charge in [-0.15, -0.1) is 0 Å². The molecular weight excluding hydrogens is 258 g/mol. The van der Waals surface area contributed by atoms with Crippen LogP contribution < -0.4 is 4.72 Å². The van der Waals surface area contributed by atoms with Crippen molar-refractivity contribution in [2.45, 2.75) is 4.90 Å². The fraction of sp³-hybridized carbons (Fsp3) is 0. The van der Waals surface area contributed by atoms with Crippen LogP contribution in [0, 0.1) is 6.07 Å². The van der Waals surface area contributed by atoms with Crippen molar-refractivity contribution in [2.24, 2.45) is 0 Å². The number of rotatable bonds is 3. The highest BCUT2D eigenvalue weighted by Crippen LogP contribution is 2.18. The zero-order valence-corrected chi connectivity index (χ0v) is 10.3. The predicted molar refractivity (Wildman–Crippen MR) is 67.5 cm³/mol. The van der Waals surface area contributed by atoms with Crippen molar-refractivity contribution in [2.75, 3.05) is 4.72 Å². The van der Waals surface area contributed by atoms with E-state index in [-0.39, 0.29) is 4.90 Å². The van der Waals surface area contributed by atoms with Gasteiger partial charge in [-0.2, -0.15) is 0 Å². The van der Waals surface area contributed by atoms with Crippen molar-refractivity contribution < 1.29 is 8.42 Å². The molecule has 2 aromatic carbocycles. The van der Waals surface area contributed by atoms with Crippen LogP contribution in [0.3, 0.4) is 0 Å². The van der Waals surface area contributed by atoms with Gasteiger partial charge in [-0.25, -0.2) is 8.42 Å². The molecule has 0 spiro atoms. The van der Waals surface area contributed by atoms with Crippen LogP contribution in [0.25, 0.3) is 0 Å². The van der Waals surface area contributed by atoms with E-state index in [4.69, 9.17) is 11.6 Å². The van der Waals surface area contributed by atoms with Crippen molar-refractivity contribution in [3.05, 3.63) is 59.6 Å². The van der Waals surface area contributed by atoms with Gasteiger partial charge >= 0.3 is 0 Å². The SMILES string of the molecule is O=S(=O)(Nc1cc[c]c(Cl)c1)c1ccccc1. The molecule has 0 unspecified atom stereocenters. The maximum absolute atomic E-state index is 11.9. The highest BCUT2D eigenvalue weighted by Gasteiger charge is 2.13. The lowest BCUT2D eigenvalue weighted by atomic mass is 10.3. The molecule has 2 rings (SSSR count). The number of hydrogen-bond donors (Lipinski definition) is 1. The Kier molecular flexibility index (Phi) is 3.36. The van der Waals surface area contributed by atoms with Crippen molar-refractivity contribution >= 4 is 27.3 Å².